The molecule has 2 aliphatic rings. The maximum Gasteiger partial charge on any atom is 0.169 e. The van der Waals surface area contributed by atoms with Crippen molar-refractivity contribution in [2.45, 2.75) is 24.5 Å². The highest BCUT2D eigenvalue weighted by Crippen LogP contribution is 2.61. The second kappa shape index (κ2) is 5.29. The topological polar surface area (TPSA) is 29.6 Å². The Morgan fingerprint density at radius 1 is 0.955 bits per heavy atom. The number of halogens is 2. The van der Waals surface area contributed by atoms with E-state index in [-0.39, 0.29) is 17.8 Å². The number of hydrogen-bond donors (Lipinski definition) is 0. The summed E-state index contributed by atoms with van der Waals surface area (Å²) in [5, 5.41) is 0. The summed E-state index contributed by atoms with van der Waals surface area (Å²) in [6.07, 6.45) is 2.05. The Kier molecular flexibility index (Phi) is 3.51. The first-order valence-electron chi connectivity index (χ1n) is 7.35. The van der Waals surface area contributed by atoms with Crippen molar-refractivity contribution >= 4 is 37.6 Å². The molecule has 0 bridgehead atoms. The number of rotatable bonds is 3. The summed E-state index contributed by atoms with van der Waals surface area (Å²) in [6, 6.07) is 15.8. The number of ketones is 1. The molecule has 2 nitrogen and oxygen atoms in total. The van der Waals surface area contributed by atoms with Crippen LogP contribution < -0.4 is 0 Å². The minimum Gasteiger partial charge on any atom is -0.360 e. The van der Waals surface area contributed by atoms with Crippen molar-refractivity contribution in [1.29, 1.82) is 0 Å². The summed E-state index contributed by atoms with van der Waals surface area (Å²) in [5.41, 5.74) is 1.49. The highest BCUT2D eigenvalue weighted by Gasteiger charge is 2.68. The van der Waals surface area contributed by atoms with E-state index in [1.165, 1.54) is 0 Å². The van der Waals surface area contributed by atoms with E-state index in [1.54, 1.807) is 0 Å². The van der Waals surface area contributed by atoms with Gasteiger partial charge < -0.3 is 4.74 Å². The molecule has 0 unspecified atom stereocenters. The Morgan fingerprint density at radius 2 is 1.55 bits per heavy atom. The van der Waals surface area contributed by atoms with Gasteiger partial charge in [-0.05, 0) is 42.7 Å². The van der Waals surface area contributed by atoms with Gasteiger partial charge in [0.25, 0.3) is 0 Å². The molecular weight excluding hydrogens is 408 g/mol. The SMILES string of the molecule is O=C(c1ccc(Br)cc1)[C@@H]1CC[C@H]2O[C@]21c1ccc(Br)cc1. The lowest BCUT2D eigenvalue weighted by molar-refractivity contribution is 0.0812. The molecule has 2 aromatic rings. The van der Waals surface area contributed by atoms with Gasteiger partial charge in [-0.2, -0.15) is 0 Å². The van der Waals surface area contributed by atoms with Gasteiger partial charge >= 0.3 is 0 Å². The Bertz CT molecular complexity index is 724. The third kappa shape index (κ3) is 2.20. The zero-order valence-corrected chi connectivity index (χ0v) is 14.9. The van der Waals surface area contributed by atoms with Gasteiger partial charge in [0.15, 0.2) is 5.78 Å². The Balaban J connectivity index is 1.68. The van der Waals surface area contributed by atoms with E-state index >= 15 is 0 Å². The van der Waals surface area contributed by atoms with Gasteiger partial charge in [0.05, 0.1) is 12.0 Å². The van der Waals surface area contributed by atoms with Crippen molar-refractivity contribution in [2.75, 3.05) is 0 Å². The molecular formula is C18H14Br2O2. The average Bonchev–Trinajstić information content (AvgIpc) is 3.14. The quantitative estimate of drug-likeness (QED) is 0.509. The smallest absolute Gasteiger partial charge is 0.169 e. The number of Topliss-reactive ketones (excluding diaryl/α,β-unsaturated/α-hetero) is 1. The van der Waals surface area contributed by atoms with Crippen LogP contribution in [0.3, 0.4) is 0 Å². The van der Waals surface area contributed by atoms with Crippen molar-refractivity contribution in [3.63, 3.8) is 0 Å². The van der Waals surface area contributed by atoms with Gasteiger partial charge in [-0.1, -0.05) is 56.1 Å². The molecule has 2 aromatic carbocycles. The third-order valence-electron chi connectivity index (χ3n) is 4.73. The predicted octanol–water partition coefficient (Wildman–Crippen LogP) is 5.10. The maximum absolute atomic E-state index is 12.9. The summed E-state index contributed by atoms with van der Waals surface area (Å²) in [6.45, 7) is 0. The van der Waals surface area contributed by atoms with Crippen LogP contribution in [0.1, 0.15) is 28.8 Å². The Labute approximate surface area is 146 Å². The zero-order valence-electron chi connectivity index (χ0n) is 11.8. The fourth-order valence-electron chi connectivity index (χ4n) is 3.62. The van der Waals surface area contributed by atoms with Crippen LogP contribution in [-0.4, -0.2) is 11.9 Å². The molecule has 2 fully saturated rings. The van der Waals surface area contributed by atoms with Crippen LogP contribution in [0.25, 0.3) is 0 Å². The van der Waals surface area contributed by atoms with E-state index in [2.05, 4.69) is 44.0 Å². The summed E-state index contributed by atoms with van der Waals surface area (Å²) < 4.78 is 8.03. The fourth-order valence-corrected chi connectivity index (χ4v) is 4.15. The van der Waals surface area contributed by atoms with Crippen molar-refractivity contribution in [1.82, 2.24) is 0 Å². The van der Waals surface area contributed by atoms with Gasteiger partial charge in [0.2, 0.25) is 0 Å². The molecule has 1 saturated heterocycles. The third-order valence-corrected chi connectivity index (χ3v) is 5.79. The van der Waals surface area contributed by atoms with Crippen molar-refractivity contribution in [2.24, 2.45) is 5.92 Å². The number of ether oxygens (including phenoxy) is 1. The molecule has 22 heavy (non-hydrogen) atoms. The molecule has 4 rings (SSSR count). The monoisotopic (exact) mass is 420 g/mol. The van der Waals surface area contributed by atoms with Gasteiger partial charge in [-0.15, -0.1) is 0 Å². The Hall–Kier alpha value is -0.970. The summed E-state index contributed by atoms with van der Waals surface area (Å²) in [4.78, 5) is 12.9. The summed E-state index contributed by atoms with van der Waals surface area (Å²) >= 11 is 6.87. The first-order valence-corrected chi connectivity index (χ1v) is 8.93. The van der Waals surface area contributed by atoms with E-state index in [0.29, 0.717) is 0 Å². The highest BCUT2D eigenvalue weighted by atomic mass is 79.9. The lowest BCUT2D eigenvalue weighted by Crippen LogP contribution is -2.27. The lowest BCUT2D eigenvalue weighted by Gasteiger charge is -2.20. The van der Waals surface area contributed by atoms with Crippen molar-refractivity contribution in [3.05, 3.63) is 68.6 Å². The van der Waals surface area contributed by atoms with Crippen LogP contribution in [0.5, 0.6) is 0 Å². The van der Waals surface area contributed by atoms with E-state index in [1.807, 2.05) is 36.4 Å². The van der Waals surface area contributed by atoms with E-state index in [0.717, 1.165) is 32.9 Å². The van der Waals surface area contributed by atoms with Crippen LogP contribution >= 0.6 is 31.9 Å². The number of carbonyl (C=O) groups excluding carboxylic acids is 1. The summed E-state index contributed by atoms with van der Waals surface area (Å²) in [5.74, 6) is 0.107. The molecule has 0 radical (unpaired) electrons. The first kappa shape index (κ1) is 14.6. The molecule has 4 heteroatoms. The first-order chi connectivity index (χ1) is 10.6. The molecule has 1 aliphatic heterocycles. The second-order valence-corrected chi connectivity index (χ2v) is 7.74. The second-order valence-electron chi connectivity index (χ2n) is 5.91. The van der Waals surface area contributed by atoms with Gasteiger partial charge in [-0.3, -0.25) is 4.79 Å². The number of benzene rings is 2. The standard InChI is InChI=1S/C18H14Br2O2/c19-13-5-1-11(2-6-13)17(21)15-9-10-16-18(15,22-16)12-3-7-14(20)8-4-12/h1-8,15-16H,9-10H2/t15-,16+,18-/m0/s1. The molecule has 0 spiro atoms. The molecule has 1 saturated carbocycles. The average molecular weight is 422 g/mol. The lowest BCUT2D eigenvalue weighted by atomic mass is 9.82. The maximum atomic E-state index is 12.9. The predicted molar refractivity (Wildman–Crippen MR) is 91.9 cm³/mol. The van der Waals surface area contributed by atoms with Crippen LogP contribution in [0.2, 0.25) is 0 Å². The highest BCUT2D eigenvalue weighted by molar-refractivity contribution is 9.10. The normalized spacial score (nSPS) is 29.2. The largest absolute Gasteiger partial charge is 0.360 e. The van der Waals surface area contributed by atoms with Gasteiger partial charge in [0, 0.05) is 14.5 Å². The Morgan fingerprint density at radius 3 is 2.14 bits per heavy atom. The van der Waals surface area contributed by atoms with Crippen LogP contribution in [0, 0.1) is 5.92 Å². The van der Waals surface area contributed by atoms with E-state index < -0.39 is 5.60 Å². The van der Waals surface area contributed by atoms with Crippen LogP contribution in [0.4, 0.5) is 0 Å². The number of hydrogen-bond acceptors (Lipinski definition) is 2. The minimum absolute atomic E-state index is 0.0835. The zero-order chi connectivity index (χ0) is 15.3. The van der Waals surface area contributed by atoms with Crippen LogP contribution in [-0.2, 0) is 10.3 Å². The van der Waals surface area contributed by atoms with E-state index in [9.17, 15) is 4.79 Å². The van der Waals surface area contributed by atoms with Gasteiger partial charge in [-0.25, -0.2) is 0 Å². The number of fused-ring (bicyclic) bond motifs is 1. The van der Waals surface area contributed by atoms with E-state index in [4.69, 9.17) is 4.74 Å². The molecule has 0 amide bonds. The molecule has 0 aromatic heterocycles. The molecule has 1 heterocycles. The molecule has 1 aliphatic carbocycles. The van der Waals surface area contributed by atoms with Crippen molar-refractivity contribution < 1.29 is 9.53 Å². The summed E-state index contributed by atoms with van der Waals surface area (Å²) in [7, 11) is 0. The number of carbonyl (C=O) groups is 1. The van der Waals surface area contributed by atoms with Crippen LogP contribution in [0.15, 0.2) is 57.5 Å². The van der Waals surface area contributed by atoms with Crippen molar-refractivity contribution in [3.8, 4) is 0 Å². The molecule has 112 valence electrons. The minimum atomic E-state index is -0.398. The molecule has 0 N–H and O–H groups in total. The fraction of sp³-hybridized carbons (Fsp3) is 0.278. The molecule has 3 atom stereocenters. The number of epoxide rings is 1. The van der Waals surface area contributed by atoms with Gasteiger partial charge in [0.1, 0.15) is 5.60 Å².